The Morgan fingerprint density at radius 2 is 1.96 bits per heavy atom. The molecule has 1 aromatic rings. The van der Waals surface area contributed by atoms with Crippen LogP contribution in [0, 0.1) is 34.7 Å². The molecule has 1 aromatic carbocycles. The molecule has 0 aliphatic carbocycles. The number of nitriles is 1. The lowest BCUT2D eigenvalue weighted by molar-refractivity contribution is 0.180. The van der Waals surface area contributed by atoms with Gasteiger partial charge >= 0.3 is 0 Å². The molecular formula is C14H15F3N2O3S. The van der Waals surface area contributed by atoms with E-state index in [4.69, 9.17) is 10.00 Å². The monoisotopic (exact) mass is 348 g/mol. The molecular weight excluding hydrogens is 333 g/mol. The maximum Gasteiger partial charge on any atom is 0.246 e. The van der Waals surface area contributed by atoms with Gasteiger partial charge in [-0.25, -0.2) is 21.6 Å². The summed E-state index contributed by atoms with van der Waals surface area (Å²) in [4.78, 5) is -0.937. The van der Waals surface area contributed by atoms with Crippen molar-refractivity contribution in [3.05, 3.63) is 29.6 Å². The molecule has 0 aromatic heterocycles. The van der Waals surface area contributed by atoms with E-state index in [1.807, 2.05) is 6.07 Å². The van der Waals surface area contributed by atoms with Crippen LogP contribution in [0.5, 0.6) is 0 Å². The highest BCUT2D eigenvalue weighted by atomic mass is 32.2. The van der Waals surface area contributed by atoms with Crippen LogP contribution in [0.2, 0.25) is 0 Å². The average Bonchev–Trinajstić information content (AvgIpc) is 3.00. The van der Waals surface area contributed by atoms with E-state index in [9.17, 15) is 21.6 Å². The molecule has 126 valence electrons. The average molecular weight is 348 g/mol. The third-order valence-corrected chi connectivity index (χ3v) is 5.43. The smallest absolute Gasteiger partial charge is 0.246 e. The van der Waals surface area contributed by atoms with Crippen molar-refractivity contribution in [2.75, 3.05) is 26.3 Å². The number of hydrogen-bond acceptors (Lipinski definition) is 4. The second-order valence-electron chi connectivity index (χ2n) is 5.20. The van der Waals surface area contributed by atoms with Crippen molar-refractivity contribution in [1.29, 1.82) is 5.26 Å². The van der Waals surface area contributed by atoms with Crippen molar-refractivity contribution in [3.63, 3.8) is 0 Å². The molecule has 0 N–H and O–H groups in total. The normalized spacial score (nSPS) is 18.3. The predicted molar refractivity (Wildman–Crippen MR) is 74.2 cm³/mol. The molecule has 2 rings (SSSR count). The predicted octanol–water partition coefficient (Wildman–Crippen LogP) is 2.04. The van der Waals surface area contributed by atoms with E-state index in [1.165, 1.54) is 0 Å². The van der Waals surface area contributed by atoms with Crippen molar-refractivity contribution in [1.82, 2.24) is 4.31 Å². The number of hydrogen-bond donors (Lipinski definition) is 0. The van der Waals surface area contributed by atoms with E-state index in [0.717, 1.165) is 4.31 Å². The number of rotatable bonds is 6. The van der Waals surface area contributed by atoms with Gasteiger partial charge in [0.05, 0.1) is 12.7 Å². The molecule has 1 saturated heterocycles. The summed E-state index contributed by atoms with van der Waals surface area (Å²) in [5, 5.41) is 8.67. The van der Waals surface area contributed by atoms with Crippen molar-refractivity contribution in [3.8, 4) is 6.07 Å². The van der Waals surface area contributed by atoms with E-state index in [-0.39, 0.29) is 31.5 Å². The Bertz CT molecular complexity index is 713. The summed E-state index contributed by atoms with van der Waals surface area (Å²) in [5.41, 5.74) is 0. The van der Waals surface area contributed by atoms with Gasteiger partial charge in [-0.2, -0.15) is 9.57 Å². The minimum atomic E-state index is -4.39. The molecule has 1 heterocycles. The topological polar surface area (TPSA) is 70.4 Å². The summed E-state index contributed by atoms with van der Waals surface area (Å²) >= 11 is 0. The zero-order valence-corrected chi connectivity index (χ0v) is 13.0. The van der Waals surface area contributed by atoms with E-state index in [0.29, 0.717) is 25.7 Å². The first-order valence-corrected chi connectivity index (χ1v) is 8.39. The second kappa shape index (κ2) is 7.29. The van der Waals surface area contributed by atoms with Gasteiger partial charge < -0.3 is 4.74 Å². The molecule has 1 aliphatic rings. The maximum absolute atomic E-state index is 13.8. The molecule has 1 aliphatic heterocycles. The Labute approximate surface area is 132 Å². The fourth-order valence-corrected chi connectivity index (χ4v) is 3.92. The van der Waals surface area contributed by atoms with Crippen molar-refractivity contribution >= 4 is 10.0 Å². The molecule has 9 heteroatoms. The van der Waals surface area contributed by atoms with Gasteiger partial charge in [0.25, 0.3) is 0 Å². The Morgan fingerprint density at radius 3 is 2.57 bits per heavy atom. The number of ether oxygens (including phenoxy) is 1. The summed E-state index contributed by atoms with van der Waals surface area (Å²) in [6.07, 6.45) is 0.539. The zero-order chi connectivity index (χ0) is 17.0. The molecule has 0 saturated carbocycles. The maximum atomic E-state index is 13.8. The number of nitrogens with zero attached hydrogens (tertiary/aromatic N) is 2. The summed E-state index contributed by atoms with van der Waals surface area (Å²) in [7, 11) is -4.39. The third kappa shape index (κ3) is 4.02. The molecule has 5 nitrogen and oxygen atoms in total. The van der Waals surface area contributed by atoms with E-state index < -0.39 is 32.4 Å². The van der Waals surface area contributed by atoms with Gasteiger partial charge in [-0.15, -0.1) is 0 Å². The standard InChI is InChI=1S/C14H15F3N2O3S/c15-11-6-13(17)14(7-12(11)16)23(20,21)19(4-1-3-18)8-10-2-5-22-9-10/h6-7,10H,1-2,4-5,8-9H2/t10-/m0/s1. The lowest BCUT2D eigenvalue weighted by Gasteiger charge is -2.24. The largest absolute Gasteiger partial charge is 0.381 e. The molecule has 1 fully saturated rings. The summed E-state index contributed by atoms with van der Waals surface area (Å²) in [6, 6.07) is 2.34. The van der Waals surface area contributed by atoms with Gasteiger partial charge in [0.15, 0.2) is 11.6 Å². The summed E-state index contributed by atoms with van der Waals surface area (Å²) in [6.45, 7) is 0.728. The van der Waals surface area contributed by atoms with Gasteiger partial charge in [-0.1, -0.05) is 0 Å². The van der Waals surface area contributed by atoms with Crippen LogP contribution in [0.4, 0.5) is 13.2 Å². The van der Waals surface area contributed by atoms with Crippen LogP contribution < -0.4 is 0 Å². The van der Waals surface area contributed by atoms with Gasteiger partial charge in [-0.05, 0) is 18.4 Å². The zero-order valence-electron chi connectivity index (χ0n) is 12.1. The van der Waals surface area contributed by atoms with Crippen LogP contribution in [0.15, 0.2) is 17.0 Å². The minimum absolute atomic E-state index is 0.0302. The van der Waals surface area contributed by atoms with Gasteiger partial charge in [0, 0.05) is 32.2 Å². The quantitative estimate of drug-likeness (QED) is 0.738. The molecule has 0 bridgehead atoms. The SMILES string of the molecule is N#CCCN(C[C@@H]1CCOC1)S(=O)(=O)c1cc(F)c(F)cc1F. The molecule has 23 heavy (non-hydrogen) atoms. The van der Waals surface area contributed by atoms with Crippen LogP contribution in [0.25, 0.3) is 0 Å². The summed E-state index contributed by atoms with van der Waals surface area (Å²) < 4.78 is 71.3. The van der Waals surface area contributed by atoms with Crippen molar-refractivity contribution in [2.45, 2.75) is 17.7 Å². The Hall–Kier alpha value is -1.63. The van der Waals surface area contributed by atoms with Gasteiger partial charge in [-0.3, -0.25) is 0 Å². The lowest BCUT2D eigenvalue weighted by atomic mass is 10.1. The van der Waals surface area contributed by atoms with Crippen LogP contribution in [0.3, 0.4) is 0 Å². The van der Waals surface area contributed by atoms with Crippen molar-refractivity contribution < 1.29 is 26.3 Å². The molecule has 0 spiro atoms. The number of benzene rings is 1. The Morgan fingerprint density at radius 1 is 1.26 bits per heavy atom. The van der Waals surface area contributed by atoms with Gasteiger partial charge in [0.1, 0.15) is 10.7 Å². The highest BCUT2D eigenvalue weighted by molar-refractivity contribution is 7.89. The lowest BCUT2D eigenvalue weighted by Crippen LogP contribution is -2.37. The Kier molecular flexibility index (Phi) is 5.62. The molecule has 1 atom stereocenters. The van der Waals surface area contributed by atoms with Crippen LogP contribution in [-0.2, 0) is 14.8 Å². The highest BCUT2D eigenvalue weighted by Crippen LogP contribution is 2.25. The van der Waals surface area contributed by atoms with Gasteiger partial charge in [0.2, 0.25) is 10.0 Å². The number of sulfonamides is 1. The van der Waals surface area contributed by atoms with Crippen LogP contribution in [0.1, 0.15) is 12.8 Å². The van der Waals surface area contributed by atoms with Crippen molar-refractivity contribution in [2.24, 2.45) is 5.92 Å². The highest BCUT2D eigenvalue weighted by Gasteiger charge is 2.31. The minimum Gasteiger partial charge on any atom is -0.381 e. The molecule has 0 amide bonds. The Balaban J connectivity index is 2.34. The fourth-order valence-electron chi connectivity index (χ4n) is 2.34. The van der Waals surface area contributed by atoms with E-state index >= 15 is 0 Å². The molecule has 0 radical (unpaired) electrons. The fraction of sp³-hybridized carbons (Fsp3) is 0.500. The summed E-state index contributed by atoms with van der Waals surface area (Å²) in [5.74, 6) is -4.37. The second-order valence-corrected chi connectivity index (χ2v) is 7.10. The van der Waals surface area contributed by atoms with E-state index in [2.05, 4.69) is 0 Å². The van der Waals surface area contributed by atoms with Crippen LogP contribution in [-0.4, -0.2) is 39.0 Å². The first-order valence-electron chi connectivity index (χ1n) is 6.95. The first-order chi connectivity index (χ1) is 10.9. The van der Waals surface area contributed by atoms with Crippen LogP contribution >= 0.6 is 0 Å². The number of halogens is 3. The first kappa shape index (κ1) is 17.7. The van der Waals surface area contributed by atoms with E-state index in [1.54, 1.807) is 0 Å². The molecule has 0 unspecified atom stereocenters. The third-order valence-electron chi connectivity index (χ3n) is 3.55.